The van der Waals surface area contributed by atoms with Crippen LogP contribution in [-0.4, -0.2) is 43.5 Å². The highest BCUT2D eigenvalue weighted by Crippen LogP contribution is 2.34. The van der Waals surface area contributed by atoms with Crippen LogP contribution in [0.25, 0.3) is 0 Å². The van der Waals surface area contributed by atoms with Crippen molar-refractivity contribution in [1.82, 2.24) is 4.90 Å². The van der Waals surface area contributed by atoms with E-state index in [1.165, 1.54) is 18.7 Å². The molecule has 2 fully saturated rings. The van der Waals surface area contributed by atoms with Crippen molar-refractivity contribution in [2.45, 2.75) is 19.1 Å². The van der Waals surface area contributed by atoms with E-state index in [-0.39, 0.29) is 5.91 Å². The normalized spacial score (nSPS) is 20.2. The number of carbonyl (C=O) groups excluding carboxylic acids is 1. The van der Waals surface area contributed by atoms with E-state index < -0.39 is 0 Å². The van der Waals surface area contributed by atoms with Crippen LogP contribution >= 0.6 is 0 Å². The average molecular weight is 428 g/mol. The summed E-state index contributed by atoms with van der Waals surface area (Å²) in [5.41, 5.74) is 3.71. The van der Waals surface area contributed by atoms with E-state index in [0.717, 1.165) is 30.3 Å². The Balaban J connectivity index is 1.21. The van der Waals surface area contributed by atoms with E-state index in [1.807, 2.05) is 54.6 Å². The van der Waals surface area contributed by atoms with Crippen LogP contribution in [0.4, 0.5) is 11.4 Å². The van der Waals surface area contributed by atoms with Gasteiger partial charge >= 0.3 is 0 Å². The van der Waals surface area contributed by atoms with Crippen LogP contribution in [0.3, 0.4) is 0 Å². The van der Waals surface area contributed by atoms with E-state index in [4.69, 9.17) is 4.74 Å². The average Bonchev–Trinajstić information content (AvgIpc) is 3.38. The highest BCUT2D eigenvalue weighted by atomic mass is 16.5. The van der Waals surface area contributed by atoms with Gasteiger partial charge in [-0.3, -0.25) is 4.79 Å². The van der Waals surface area contributed by atoms with Crippen molar-refractivity contribution in [1.29, 1.82) is 0 Å². The van der Waals surface area contributed by atoms with E-state index in [0.29, 0.717) is 24.0 Å². The summed E-state index contributed by atoms with van der Waals surface area (Å²) < 4.78 is 5.86. The van der Waals surface area contributed by atoms with Crippen LogP contribution in [0.1, 0.15) is 22.3 Å². The number of carbonyl (C=O) groups is 1. The van der Waals surface area contributed by atoms with Gasteiger partial charge < -0.3 is 19.9 Å². The Hall–Kier alpha value is -3.31. The molecule has 0 radical (unpaired) electrons. The third kappa shape index (κ3) is 4.48. The molecular formula is C27H29N3O2. The van der Waals surface area contributed by atoms with Crippen LogP contribution in [0.15, 0.2) is 78.9 Å². The number of nitrogens with one attached hydrogen (secondary N) is 1. The van der Waals surface area contributed by atoms with Crippen LogP contribution in [0.5, 0.6) is 5.75 Å². The fourth-order valence-corrected chi connectivity index (χ4v) is 4.90. The van der Waals surface area contributed by atoms with Crippen LogP contribution in [0, 0.1) is 5.92 Å². The van der Waals surface area contributed by atoms with E-state index in [1.54, 1.807) is 12.1 Å². The number of rotatable bonds is 6. The molecule has 2 aliphatic heterocycles. The lowest BCUT2D eigenvalue weighted by Crippen LogP contribution is -2.34. The molecule has 3 aromatic rings. The Morgan fingerprint density at radius 1 is 1.00 bits per heavy atom. The number of ether oxygens (including phenoxy) is 1. The monoisotopic (exact) mass is 427 g/mol. The largest absolute Gasteiger partial charge is 0.489 e. The molecule has 0 aliphatic carbocycles. The summed E-state index contributed by atoms with van der Waals surface area (Å²) >= 11 is 0. The number of hydrogen-bond donors (Lipinski definition) is 1. The topological polar surface area (TPSA) is 44.8 Å². The van der Waals surface area contributed by atoms with Crippen molar-refractivity contribution in [2.24, 2.45) is 5.92 Å². The summed E-state index contributed by atoms with van der Waals surface area (Å²) in [5.74, 6) is 1.32. The molecule has 2 aliphatic rings. The Morgan fingerprint density at radius 2 is 1.81 bits per heavy atom. The van der Waals surface area contributed by atoms with Crippen molar-refractivity contribution in [2.75, 3.05) is 36.9 Å². The molecule has 0 spiro atoms. The fraction of sp³-hybridized carbons (Fsp3) is 0.296. The standard InChI is InChI=1S/C27H29N3O2/c1-29-17-22-14-15-30(26(22)18-29)24-12-10-23(11-13-24)28-27(31)21-8-5-9-25(16-21)32-19-20-6-3-2-4-7-20/h2-13,16,22,26H,14-15,17-19H2,1H3,(H,28,31)/t22-,26+/m0/s1. The van der Waals surface area contributed by atoms with Gasteiger partial charge in [-0.25, -0.2) is 0 Å². The van der Waals surface area contributed by atoms with Gasteiger partial charge in [0.25, 0.3) is 5.91 Å². The molecule has 5 heteroatoms. The highest BCUT2D eigenvalue weighted by Gasteiger charge is 2.39. The second-order valence-electron chi connectivity index (χ2n) is 8.83. The Kier molecular flexibility index (Phi) is 5.82. The smallest absolute Gasteiger partial charge is 0.255 e. The molecule has 5 rings (SSSR count). The lowest BCUT2D eigenvalue weighted by atomic mass is 10.0. The lowest BCUT2D eigenvalue weighted by molar-refractivity contribution is 0.102. The molecule has 3 aromatic carbocycles. The summed E-state index contributed by atoms with van der Waals surface area (Å²) in [6.45, 7) is 3.92. The SMILES string of the molecule is CN1C[C@@H]2CCN(c3ccc(NC(=O)c4cccc(OCc5ccccc5)c4)cc3)[C@@H]2C1. The van der Waals surface area contributed by atoms with Gasteiger partial charge in [0.15, 0.2) is 0 Å². The molecule has 1 N–H and O–H groups in total. The number of likely N-dealkylation sites (tertiary alicyclic amines) is 1. The third-order valence-electron chi connectivity index (χ3n) is 6.53. The summed E-state index contributed by atoms with van der Waals surface area (Å²) in [6.07, 6.45) is 1.26. The number of hydrogen-bond acceptors (Lipinski definition) is 4. The maximum Gasteiger partial charge on any atom is 0.255 e. The van der Waals surface area contributed by atoms with Crippen LogP contribution in [-0.2, 0) is 6.61 Å². The molecule has 0 unspecified atom stereocenters. The first kappa shape index (κ1) is 20.6. The van der Waals surface area contributed by atoms with E-state index >= 15 is 0 Å². The number of fused-ring (bicyclic) bond motifs is 1. The Labute approximate surface area is 189 Å². The molecule has 2 saturated heterocycles. The van der Waals surface area contributed by atoms with E-state index in [2.05, 4.69) is 34.3 Å². The maximum atomic E-state index is 12.8. The zero-order valence-corrected chi connectivity index (χ0v) is 18.4. The highest BCUT2D eigenvalue weighted by molar-refractivity contribution is 6.04. The number of nitrogens with zero attached hydrogens (tertiary/aromatic N) is 2. The summed E-state index contributed by atoms with van der Waals surface area (Å²) in [5, 5.41) is 3.01. The van der Waals surface area contributed by atoms with Crippen molar-refractivity contribution >= 4 is 17.3 Å². The lowest BCUT2D eigenvalue weighted by Gasteiger charge is -2.26. The molecule has 2 atom stereocenters. The second kappa shape index (κ2) is 9.05. The molecule has 1 amide bonds. The van der Waals surface area contributed by atoms with Crippen molar-refractivity contribution in [3.05, 3.63) is 90.0 Å². The molecule has 5 nitrogen and oxygen atoms in total. The predicted molar refractivity (Wildman–Crippen MR) is 128 cm³/mol. The first-order chi connectivity index (χ1) is 15.7. The third-order valence-corrected chi connectivity index (χ3v) is 6.53. The van der Waals surface area contributed by atoms with Gasteiger partial charge in [0.05, 0.1) is 0 Å². The van der Waals surface area contributed by atoms with Crippen molar-refractivity contribution in [3.63, 3.8) is 0 Å². The van der Waals surface area contributed by atoms with E-state index in [9.17, 15) is 4.79 Å². The van der Waals surface area contributed by atoms with Crippen molar-refractivity contribution < 1.29 is 9.53 Å². The van der Waals surface area contributed by atoms with Gasteiger partial charge in [-0.05, 0) is 67.4 Å². The first-order valence-electron chi connectivity index (χ1n) is 11.3. The quantitative estimate of drug-likeness (QED) is 0.622. The van der Waals surface area contributed by atoms with Gasteiger partial charge in [-0.15, -0.1) is 0 Å². The van der Waals surface area contributed by atoms with Crippen LogP contribution < -0.4 is 15.0 Å². The number of amides is 1. The molecule has 164 valence electrons. The van der Waals surface area contributed by atoms with Gasteiger partial charge in [-0.2, -0.15) is 0 Å². The minimum Gasteiger partial charge on any atom is -0.489 e. The molecule has 0 saturated carbocycles. The Bertz CT molecular complexity index is 1070. The molecule has 0 aromatic heterocycles. The number of likely N-dealkylation sites (N-methyl/N-ethyl adjacent to an activating group) is 1. The van der Waals surface area contributed by atoms with Crippen molar-refractivity contribution in [3.8, 4) is 5.75 Å². The molecule has 0 bridgehead atoms. The summed E-state index contributed by atoms with van der Waals surface area (Å²) in [4.78, 5) is 17.7. The van der Waals surface area contributed by atoms with Gasteiger partial charge in [0.1, 0.15) is 12.4 Å². The Morgan fingerprint density at radius 3 is 2.62 bits per heavy atom. The maximum absolute atomic E-state index is 12.8. The van der Waals surface area contributed by atoms with Gasteiger partial charge in [0.2, 0.25) is 0 Å². The zero-order chi connectivity index (χ0) is 21.9. The van der Waals surface area contributed by atoms with Gasteiger partial charge in [-0.1, -0.05) is 36.4 Å². The molecule has 2 heterocycles. The predicted octanol–water partition coefficient (Wildman–Crippen LogP) is 4.66. The number of benzene rings is 3. The number of anilines is 2. The fourth-order valence-electron chi connectivity index (χ4n) is 4.90. The van der Waals surface area contributed by atoms with Gasteiger partial charge in [0, 0.05) is 42.6 Å². The first-order valence-corrected chi connectivity index (χ1v) is 11.3. The molecule has 32 heavy (non-hydrogen) atoms. The minimum absolute atomic E-state index is 0.137. The molecular weight excluding hydrogens is 398 g/mol. The zero-order valence-electron chi connectivity index (χ0n) is 18.4. The van der Waals surface area contributed by atoms with Crippen LogP contribution in [0.2, 0.25) is 0 Å². The summed E-state index contributed by atoms with van der Waals surface area (Å²) in [7, 11) is 2.21. The minimum atomic E-state index is -0.137. The summed E-state index contributed by atoms with van der Waals surface area (Å²) in [6, 6.07) is 26.2. The second-order valence-corrected chi connectivity index (χ2v) is 8.83.